The maximum absolute atomic E-state index is 12.9. The second kappa shape index (κ2) is 6.28. The highest BCUT2D eigenvalue weighted by Crippen LogP contribution is 2.34. The molecule has 0 fully saturated rings. The van der Waals surface area contributed by atoms with Gasteiger partial charge in [0.05, 0.1) is 14.2 Å². The van der Waals surface area contributed by atoms with Crippen molar-refractivity contribution in [3.05, 3.63) is 58.9 Å². The number of benzene rings is 2. The van der Waals surface area contributed by atoms with E-state index < -0.39 is 0 Å². The zero-order chi connectivity index (χ0) is 16.4. The fraction of sp³-hybridized carbons (Fsp3) is 0.278. The largest absolute Gasteiger partial charge is 0.493 e. The molecule has 5 heteroatoms. The molecule has 2 aromatic carbocycles. The van der Waals surface area contributed by atoms with Crippen molar-refractivity contribution < 1.29 is 18.7 Å². The quantitative estimate of drug-likeness (QED) is 0.944. The van der Waals surface area contributed by atoms with Gasteiger partial charge >= 0.3 is 0 Å². The van der Waals surface area contributed by atoms with Crippen LogP contribution < -0.4 is 14.8 Å². The Morgan fingerprint density at radius 3 is 2.04 bits per heavy atom. The molecule has 120 valence electrons. The van der Waals surface area contributed by atoms with E-state index in [9.17, 15) is 9.18 Å². The van der Waals surface area contributed by atoms with Crippen LogP contribution >= 0.6 is 0 Å². The van der Waals surface area contributed by atoms with Crippen molar-refractivity contribution in [2.45, 2.75) is 18.9 Å². The molecule has 0 radical (unpaired) electrons. The molecule has 0 heterocycles. The van der Waals surface area contributed by atoms with Crippen LogP contribution in [0.4, 0.5) is 4.39 Å². The summed E-state index contributed by atoms with van der Waals surface area (Å²) in [5, 5.41) is 2.99. The Morgan fingerprint density at radius 1 is 1.04 bits per heavy atom. The van der Waals surface area contributed by atoms with Crippen molar-refractivity contribution >= 4 is 5.91 Å². The van der Waals surface area contributed by atoms with Crippen LogP contribution in [0.15, 0.2) is 36.4 Å². The average Bonchev–Trinajstić information content (AvgIpc) is 2.94. The molecule has 1 aliphatic rings. The number of amides is 1. The van der Waals surface area contributed by atoms with E-state index in [0.29, 0.717) is 17.1 Å². The van der Waals surface area contributed by atoms with Crippen LogP contribution in [0, 0.1) is 5.82 Å². The molecule has 0 aliphatic heterocycles. The van der Waals surface area contributed by atoms with Gasteiger partial charge in [-0.2, -0.15) is 0 Å². The van der Waals surface area contributed by atoms with Crippen LogP contribution in [-0.2, 0) is 12.8 Å². The van der Waals surface area contributed by atoms with Crippen molar-refractivity contribution in [3.63, 3.8) is 0 Å². The smallest absolute Gasteiger partial charge is 0.251 e. The number of carbonyl (C=O) groups is 1. The fourth-order valence-electron chi connectivity index (χ4n) is 2.92. The van der Waals surface area contributed by atoms with E-state index in [4.69, 9.17) is 9.47 Å². The Balaban J connectivity index is 1.72. The van der Waals surface area contributed by atoms with Gasteiger partial charge in [-0.25, -0.2) is 4.39 Å². The summed E-state index contributed by atoms with van der Waals surface area (Å²) in [6.45, 7) is 0. The normalized spacial score (nSPS) is 13.5. The highest BCUT2D eigenvalue weighted by Gasteiger charge is 2.25. The molecule has 1 aliphatic carbocycles. The summed E-state index contributed by atoms with van der Waals surface area (Å²) in [4.78, 5) is 12.2. The first-order chi connectivity index (χ1) is 11.1. The lowest BCUT2D eigenvalue weighted by molar-refractivity contribution is 0.0938. The average molecular weight is 315 g/mol. The topological polar surface area (TPSA) is 47.6 Å². The molecule has 3 rings (SSSR count). The SMILES string of the molecule is COc1cc2c(cc1OC)CC(NC(=O)c1ccc(F)cc1)C2. The summed E-state index contributed by atoms with van der Waals surface area (Å²) in [6, 6.07) is 9.47. The Labute approximate surface area is 134 Å². The number of fused-ring (bicyclic) bond motifs is 1. The van der Waals surface area contributed by atoms with Gasteiger partial charge in [0, 0.05) is 11.6 Å². The third kappa shape index (κ3) is 3.13. The molecular formula is C18H18FNO3. The van der Waals surface area contributed by atoms with E-state index in [-0.39, 0.29) is 17.8 Å². The maximum Gasteiger partial charge on any atom is 0.251 e. The zero-order valence-corrected chi connectivity index (χ0v) is 13.1. The Morgan fingerprint density at radius 2 is 1.57 bits per heavy atom. The van der Waals surface area contributed by atoms with Crippen molar-refractivity contribution in [2.24, 2.45) is 0 Å². The van der Waals surface area contributed by atoms with Crippen LogP contribution in [-0.4, -0.2) is 26.2 Å². The number of carbonyl (C=O) groups excluding carboxylic acids is 1. The number of methoxy groups -OCH3 is 2. The minimum atomic E-state index is -0.353. The summed E-state index contributed by atoms with van der Waals surface area (Å²) < 4.78 is 23.5. The van der Waals surface area contributed by atoms with Gasteiger partial charge in [0.25, 0.3) is 5.91 Å². The van der Waals surface area contributed by atoms with Crippen molar-refractivity contribution in [1.29, 1.82) is 0 Å². The maximum atomic E-state index is 12.9. The van der Waals surface area contributed by atoms with Crippen LogP contribution in [0.1, 0.15) is 21.5 Å². The lowest BCUT2D eigenvalue weighted by Gasteiger charge is -2.11. The first-order valence-electron chi connectivity index (χ1n) is 7.41. The lowest BCUT2D eigenvalue weighted by atomic mass is 10.1. The molecule has 2 aromatic rings. The summed E-state index contributed by atoms with van der Waals surface area (Å²) in [5.41, 5.74) is 2.75. The summed E-state index contributed by atoms with van der Waals surface area (Å²) >= 11 is 0. The number of ether oxygens (including phenoxy) is 2. The molecule has 23 heavy (non-hydrogen) atoms. The van der Waals surface area contributed by atoms with Gasteiger partial charge in [0.15, 0.2) is 11.5 Å². The molecular weight excluding hydrogens is 297 g/mol. The monoisotopic (exact) mass is 315 g/mol. The number of rotatable bonds is 4. The predicted molar refractivity (Wildman–Crippen MR) is 84.6 cm³/mol. The molecule has 0 saturated carbocycles. The number of hydrogen-bond acceptors (Lipinski definition) is 3. The number of hydrogen-bond donors (Lipinski definition) is 1. The molecule has 1 amide bonds. The minimum absolute atomic E-state index is 0.0133. The van der Waals surface area contributed by atoms with Gasteiger partial charge in [-0.05, 0) is 60.4 Å². The molecule has 0 bridgehead atoms. The lowest BCUT2D eigenvalue weighted by Crippen LogP contribution is -2.35. The second-order valence-electron chi connectivity index (χ2n) is 5.56. The minimum Gasteiger partial charge on any atom is -0.493 e. The highest BCUT2D eigenvalue weighted by atomic mass is 19.1. The summed E-state index contributed by atoms with van der Waals surface area (Å²) in [6.07, 6.45) is 1.48. The Bertz CT molecular complexity index is 695. The Hall–Kier alpha value is -2.56. The van der Waals surface area contributed by atoms with Gasteiger partial charge < -0.3 is 14.8 Å². The van der Waals surface area contributed by atoms with Gasteiger partial charge in [0.2, 0.25) is 0 Å². The van der Waals surface area contributed by atoms with E-state index in [0.717, 1.165) is 24.0 Å². The third-order valence-corrected chi connectivity index (χ3v) is 4.08. The Kier molecular flexibility index (Phi) is 4.19. The summed E-state index contributed by atoms with van der Waals surface area (Å²) in [5.74, 6) is 0.837. The van der Waals surface area contributed by atoms with Crippen molar-refractivity contribution in [3.8, 4) is 11.5 Å². The van der Waals surface area contributed by atoms with Gasteiger partial charge in [-0.1, -0.05) is 0 Å². The van der Waals surface area contributed by atoms with E-state index in [1.54, 1.807) is 14.2 Å². The zero-order valence-electron chi connectivity index (χ0n) is 13.1. The molecule has 0 atom stereocenters. The first kappa shape index (κ1) is 15.3. The number of nitrogens with one attached hydrogen (secondary N) is 1. The molecule has 0 aromatic heterocycles. The molecule has 0 spiro atoms. The van der Waals surface area contributed by atoms with E-state index >= 15 is 0 Å². The summed E-state index contributed by atoms with van der Waals surface area (Å²) in [7, 11) is 3.21. The van der Waals surface area contributed by atoms with Crippen LogP contribution in [0.5, 0.6) is 11.5 Å². The van der Waals surface area contributed by atoms with Crippen LogP contribution in [0.2, 0.25) is 0 Å². The van der Waals surface area contributed by atoms with E-state index in [2.05, 4.69) is 5.32 Å². The molecule has 0 saturated heterocycles. The molecule has 1 N–H and O–H groups in total. The van der Waals surface area contributed by atoms with E-state index in [1.165, 1.54) is 24.3 Å². The molecule has 4 nitrogen and oxygen atoms in total. The van der Waals surface area contributed by atoms with Gasteiger partial charge in [0.1, 0.15) is 5.82 Å². The predicted octanol–water partition coefficient (Wildman–Crippen LogP) is 2.74. The second-order valence-corrected chi connectivity index (χ2v) is 5.56. The van der Waals surface area contributed by atoms with E-state index in [1.807, 2.05) is 12.1 Å². The van der Waals surface area contributed by atoms with Gasteiger partial charge in [-0.3, -0.25) is 4.79 Å². The van der Waals surface area contributed by atoms with Crippen LogP contribution in [0.3, 0.4) is 0 Å². The van der Waals surface area contributed by atoms with Crippen molar-refractivity contribution in [1.82, 2.24) is 5.32 Å². The standard InChI is InChI=1S/C18H18FNO3/c1-22-16-9-12-7-15(8-13(12)10-17(16)23-2)20-18(21)11-3-5-14(19)6-4-11/h3-6,9-10,15H,7-8H2,1-2H3,(H,20,21). The third-order valence-electron chi connectivity index (χ3n) is 4.08. The van der Waals surface area contributed by atoms with Gasteiger partial charge in [-0.15, -0.1) is 0 Å². The van der Waals surface area contributed by atoms with Crippen molar-refractivity contribution in [2.75, 3.05) is 14.2 Å². The number of halogens is 1. The van der Waals surface area contributed by atoms with Crippen LogP contribution in [0.25, 0.3) is 0 Å². The first-order valence-corrected chi connectivity index (χ1v) is 7.41. The molecule has 0 unspecified atom stereocenters. The fourth-order valence-corrected chi connectivity index (χ4v) is 2.92. The highest BCUT2D eigenvalue weighted by molar-refractivity contribution is 5.94.